The van der Waals surface area contributed by atoms with Crippen molar-refractivity contribution in [2.45, 2.75) is 19.0 Å². The second-order valence-corrected chi connectivity index (χ2v) is 8.76. The first-order chi connectivity index (χ1) is 18.5. The molecule has 0 aliphatic rings. The molecule has 5 aromatic rings. The van der Waals surface area contributed by atoms with E-state index in [0.29, 0.717) is 29.7 Å². The standard InChI is InChI=1S/C28H24N6O4/c35-27(25(21-9-3-1-4-10-21)22-11-5-2-6-12-22)29-14-15-33-26-24(17-31-33)28(36)32(19-30-26)18-20-8-7-13-23(16-20)34(37)38/h1-13,16-17,19,25H,14-15,18H2,(H,29,35). The van der Waals surface area contributed by atoms with Crippen LogP contribution < -0.4 is 10.9 Å². The first-order valence-electron chi connectivity index (χ1n) is 12.0. The number of carbonyl (C=O) groups is 1. The van der Waals surface area contributed by atoms with Crippen LogP contribution in [0.15, 0.2) is 102 Å². The van der Waals surface area contributed by atoms with Gasteiger partial charge in [0.05, 0.1) is 30.1 Å². The molecule has 0 unspecified atom stereocenters. The average Bonchev–Trinajstić information content (AvgIpc) is 3.35. The number of non-ortho nitro benzene ring substituents is 1. The number of aromatic nitrogens is 4. The number of nitrogens with zero attached hydrogens (tertiary/aromatic N) is 5. The molecule has 5 rings (SSSR count). The smallest absolute Gasteiger partial charge is 0.269 e. The minimum absolute atomic E-state index is 0.0405. The quantitative estimate of drug-likeness (QED) is 0.240. The van der Waals surface area contributed by atoms with Gasteiger partial charge in [-0.1, -0.05) is 72.8 Å². The van der Waals surface area contributed by atoms with Gasteiger partial charge >= 0.3 is 0 Å². The highest BCUT2D eigenvalue weighted by Crippen LogP contribution is 2.24. The largest absolute Gasteiger partial charge is 0.353 e. The summed E-state index contributed by atoms with van der Waals surface area (Å²) in [5.41, 5.74) is 2.47. The predicted molar refractivity (Wildman–Crippen MR) is 142 cm³/mol. The second-order valence-electron chi connectivity index (χ2n) is 8.76. The summed E-state index contributed by atoms with van der Waals surface area (Å²) >= 11 is 0. The summed E-state index contributed by atoms with van der Waals surface area (Å²) in [6.07, 6.45) is 2.86. The Bertz CT molecular complexity index is 1610. The van der Waals surface area contributed by atoms with Gasteiger partial charge in [-0.2, -0.15) is 5.10 Å². The van der Waals surface area contributed by atoms with Crippen LogP contribution in [0.1, 0.15) is 22.6 Å². The Labute approximate surface area is 217 Å². The van der Waals surface area contributed by atoms with E-state index in [1.54, 1.807) is 16.8 Å². The summed E-state index contributed by atoms with van der Waals surface area (Å²) in [5.74, 6) is -0.586. The molecule has 0 saturated carbocycles. The maximum Gasteiger partial charge on any atom is 0.269 e. The van der Waals surface area contributed by atoms with Crippen molar-refractivity contribution in [1.82, 2.24) is 24.6 Å². The monoisotopic (exact) mass is 508 g/mol. The number of nitrogens with one attached hydrogen (secondary N) is 1. The summed E-state index contributed by atoms with van der Waals surface area (Å²) in [7, 11) is 0. The van der Waals surface area contributed by atoms with Crippen molar-refractivity contribution in [2.75, 3.05) is 6.54 Å². The molecular formula is C28H24N6O4. The predicted octanol–water partition coefficient (Wildman–Crippen LogP) is 3.50. The Kier molecular flexibility index (Phi) is 7.03. The van der Waals surface area contributed by atoms with E-state index < -0.39 is 10.8 Å². The van der Waals surface area contributed by atoms with Crippen LogP contribution in [0.5, 0.6) is 0 Å². The number of hydrogen-bond donors (Lipinski definition) is 1. The summed E-state index contributed by atoms with van der Waals surface area (Å²) < 4.78 is 2.97. The van der Waals surface area contributed by atoms with Crippen LogP contribution in [0.3, 0.4) is 0 Å². The number of nitro groups is 1. The van der Waals surface area contributed by atoms with E-state index in [2.05, 4.69) is 15.4 Å². The molecule has 0 aliphatic heterocycles. The molecule has 10 nitrogen and oxygen atoms in total. The molecule has 38 heavy (non-hydrogen) atoms. The molecular weight excluding hydrogens is 484 g/mol. The van der Waals surface area contributed by atoms with Crippen LogP contribution in [0.25, 0.3) is 11.0 Å². The van der Waals surface area contributed by atoms with Gasteiger partial charge in [-0.15, -0.1) is 0 Å². The fourth-order valence-corrected chi connectivity index (χ4v) is 4.41. The zero-order valence-electron chi connectivity index (χ0n) is 20.3. The minimum Gasteiger partial charge on any atom is -0.353 e. The van der Waals surface area contributed by atoms with Gasteiger partial charge in [0.2, 0.25) is 5.91 Å². The van der Waals surface area contributed by atoms with Crippen molar-refractivity contribution < 1.29 is 9.72 Å². The Morgan fingerprint density at radius 1 is 0.974 bits per heavy atom. The number of rotatable bonds is 9. The maximum atomic E-state index is 13.2. The van der Waals surface area contributed by atoms with Gasteiger partial charge in [-0.3, -0.25) is 24.3 Å². The van der Waals surface area contributed by atoms with Gasteiger partial charge in [0.25, 0.3) is 11.2 Å². The topological polar surface area (TPSA) is 125 Å². The normalized spacial score (nSPS) is 11.1. The summed E-state index contributed by atoms with van der Waals surface area (Å²) in [5, 5.41) is 18.7. The molecule has 0 bridgehead atoms. The van der Waals surface area contributed by atoms with Crippen molar-refractivity contribution >= 4 is 22.6 Å². The van der Waals surface area contributed by atoms with E-state index in [9.17, 15) is 19.7 Å². The Morgan fingerprint density at radius 3 is 2.32 bits per heavy atom. The number of carbonyl (C=O) groups excluding carboxylic acids is 1. The van der Waals surface area contributed by atoms with Gasteiger partial charge in [0.1, 0.15) is 11.7 Å². The Morgan fingerprint density at radius 2 is 1.66 bits per heavy atom. The van der Waals surface area contributed by atoms with Gasteiger partial charge in [0, 0.05) is 18.7 Å². The van der Waals surface area contributed by atoms with E-state index in [1.165, 1.54) is 29.2 Å². The maximum absolute atomic E-state index is 13.2. The third kappa shape index (κ3) is 5.19. The highest BCUT2D eigenvalue weighted by atomic mass is 16.6. The van der Waals surface area contributed by atoms with Crippen LogP contribution in [0, 0.1) is 10.1 Å². The first kappa shape index (κ1) is 24.6. The van der Waals surface area contributed by atoms with Gasteiger partial charge < -0.3 is 5.32 Å². The molecule has 2 aromatic heterocycles. The molecule has 0 saturated heterocycles. The molecule has 0 spiro atoms. The lowest BCUT2D eigenvalue weighted by Crippen LogP contribution is -2.32. The van der Waals surface area contributed by atoms with Crippen molar-refractivity contribution in [3.8, 4) is 0 Å². The first-order valence-corrected chi connectivity index (χ1v) is 12.0. The van der Waals surface area contributed by atoms with Crippen LogP contribution in [0.2, 0.25) is 0 Å². The Balaban J connectivity index is 1.29. The van der Waals surface area contributed by atoms with Gasteiger partial charge in [-0.05, 0) is 16.7 Å². The van der Waals surface area contributed by atoms with Crippen molar-refractivity contribution in [2.24, 2.45) is 0 Å². The summed E-state index contributed by atoms with van der Waals surface area (Å²) in [6, 6.07) is 25.3. The molecule has 10 heteroatoms. The zero-order valence-corrected chi connectivity index (χ0v) is 20.3. The van der Waals surface area contributed by atoms with Gasteiger partial charge in [-0.25, -0.2) is 9.67 Å². The molecule has 0 radical (unpaired) electrons. The highest BCUT2D eigenvalue weighted by molar-refractivity contribution is 5.87. The van der Waals surface area contributed by atoms with Crippen molar-refractivity contribution in [1.29, 1.82) is 0 Å². The number of amides is 1. The van der Waals surface area contributed by atoms with Crippen LogP contribution in [0.4, 0.5) is 5.69 Å². The second kappa shape index (κ2) is 10.9. The van der Waals surface area contributed by atoms with Crippen molar-refractivity contribution in [3.63, 3.8) is 0 Å². The molecule has 1 amide bonds. The SMILES string of the molecule is O=C(NCCn1ncc2c(=O)n(Cc3cccc([N+](=O)[O-])c3)cnc21)C(c1ccccc1)c1ccccc1. The number of fused-ring (bicyclic) bond motifs is 1. The average molecular weight is 509 g/mol. The summed E-state index contributed by atoms with van der Waals surface area (Å²) in [6.45, 7) is 0.766. The molecule has 0 aliphatic carbocycles. The molecule has 1 N–H and O–H groups in total. The lowest BCUT2D eigenvalue weighted by molar-refractivity contribution is -0.384. The number of benzene rings is 3. The van der Waals surface area contributed by atoms with E-state index >= 15 is 0 Å². The molecule has 0 fully saturated rings. The highest BCUT2D eigenvalue weighted by Gasteiger charge is 2.22. The number of nitro benzene ring substituents is 1. The molecule has 0 atom stereocenters. The van der Waals surface area contributed by atoms with Crippen LogP contribution >= 0.6 is 0 Å². The molecule has 3 aromatic carbocycles. The van der Waals surface area contributed by atoms with Crippen LogP contribution in [-0.2, 0) is 17.9 Å². The van der Waals surface area contributed by atoms with E-state index in [1.807, 2.05) is 60.7 Å². The molecule has 190 valence electrons. The fourth-order valence-electron chi connectivity index (χ4n) is 4.41. The minimum atomic E-state index is -0.474. The fraction of sp³-hybridized carbons (Fsp3) is 0.143. The molecule has 2 heterocycles. The lowest BCUT2D eigenvalue weighted by Gasteiger charge is -2.18. The van der Waals surface area contributed by atoms with E-state index in [-0.39, 0.29) is 23.7 Å². The third-order valence-electron chi connectivity index (χ3n) is 6.25. The Hall–Kier alpha value is -5.12. The van der Waals surface area contributed by atoms with Gasteiger partial charge in [0.15, 0.2) is 5.65 Å². The van der Waals surface area contributed by atoms with Crippen LogP contribution in [-0.4, -0.2) is 36.7 Å². The lowest BCUT2D eigenvalue weighted by atomic mass is 9.90. The zero-order chi connectivity index (χ0) is 26.5. The number of hydrogen-bond acceptors (Lipinski definition) is 6. The third-order valence-corrected chi connectivity index (χ3v) is 6.25. The summed E-state index contributed by atoms with van der Waals surface area (Å²) in [4.78, 5) is 41.2. The van der Waals surface area contributed by atoms with E-state index in [0.717, 1.165) is 11.1 Å². The van der Waals surface area contributed by atoms with Crippen molar-refractivity contribution in [3.05, 3.63) is 135 Å². The van der Waals surface area contributed by atoms with E-state index in [4.69, 9.17) is 0 Å².